The second-order valence-electron chi connectivity index (χ2n) is 8.33. The molecule has 2 N–H and O–H groups in total. The van der Waals surface area contributed by atoms with Crippen molar-refractivity contribution < 1.29 is 32.7 Å². The predicted octanol–water partition coefficient (Wildman–Crippen LogP) is 3.47. The summed E-state index contributed by atoms with van der Waals surface area (Å²) in [4.78, 5) is 47.0. The summed E-state index contributed by atoms with van der Waals surface area (Å²) in [5, 5.41) is 16.1. The van der Waals surface area contributed by atoms with Crippen LogP contribution in [0.4, 0.5) is 11.4 Å². The molecule has 2 aliphatic heterocycles. The van der Waals surface area contributed by atoms with E-state index in [4.69, 9.17) is 4.84 Å². The normalized spacial score (nSPS) is 17.5. The second-order valence-corrected chi connectivity index (χ2v) is 11.3. The Hall–Kier alpha value is -4.10. The van der Waals surface area contributed by atoms with Crippen LogP contribution in [0, 0.1) is 5.92 Å². The maximum absolute atomic E-state index is 12.4. The molecule has 2 aliphatic rings. The second kappa shape index (κ2) is 11.7. The third kappa shape index (κ3) is 6.86. The fraction of sp³-hybridized carbons (Fsp3) is 0.160. The number of carboxylic acid groups (broad SMARTS) is 1. The number of carboxylic acids is 1. The summed E-state index contributed by atoms with van der Waals surface area (Å²) in [5.41, 5.74) is 2.41. The number of isothiocyanates is 1. The van der Waals surface area contributed by atoms with Gasteiger partial charge in [-0.25, -0.2) is 18.0 Å². The van der Waals surface area contributed by atoms with Crippen molar-refractivity contribution in [1.29, 1.82) is 0 Å². The standard InChI is InChI=1S/C25H20N4O7S3/c1-39(34,35)28-21(30)13-29-19-11-8-16(24(31)32)12-20(19)38-22(29)5-3-2-4-18-23(27-36-25(18)33)15-6-9-17(10-7-15)26-14-37/h2-3,5-12,18H,4,13H2,1H3,(H,28,30)(H,31,32)/b3-2-,22-5+. The monoisotopic (exact) mass is 584 g/mol. The van der Waals surface area contributed by atoms with E-state index in [1.807, 2.05) is 4.72 Å². The van der Waals surface area contributed by atoms with Gasteiger partial charge >= 0.3 is 11.9 Å². The molecule has 200 valence electrons. The number of hydrogen-bond acceptors (Lipinski definition) is 11. The number of allylic oxidation sites excluding steroid dienone is 3. The maximum atomic E-state index is 12.4. The van der Waals surface area contributed by atoms with E-state index >= 15 is 0 Å². The van der Waals surface area contributed by atoms with Gasteiger partial charge in [0.2, 0.25) is 10.0 Å². The Morgan fingerprint density at radius 3 is 2.69 bits per heavy atom. The van der Waals surface area contributed by atoms with E-state index in [1.165, 1.54) is 23.9 Å². The minimum Gasteiger partial charge on any atom is -0.478 e. The van der Waals surface area contributed by atoms with Crippen LogP contribution in [-0.2, 0) is 24.4 Å². The van der Waals surface area contributed by atoms with E-state index in [-0.39, 0.29) is 18.5 Å². The Kier molecular flexibility index (Phi) is 8.41. The van der Waals surface area contributed by atoms with Crippen LogP contribution >= 0.6 is 24.0 Å². The molecule has 11 nitrogen and oxygen atoms in total. The molecule has 1 atom stereocenters. The van der Waals surface area contributed by atoms with Gasteiger partial charge in [0, 0.05) is 10.5 Å². The summed E-state index contributed by atoms with van der Waals surface area (Å²) in [6.07, 6.45) is 6.27. The maximum Gasteiger partial charge on any atom is 0.344 e. The van der Waals surface area contributed by atoms with Gasteiger partial charge in [0.15, 0.2) is 0 Å². The average Bonchev–Trinajstić information content (AvgIpc) is 3.40. The number of carbonyl (C=O) groups excluding carboxylic acids is 2. The number of aromatic carboxylic acids is 1. The third-order valence-corrected chi connectivity index (χ3v) is 7.31. The van der Waals surface area contributed by atoms with Crippen molar-refractivity contribution >= 4 is 74.1 Å². The van der Waals surface area contributed by atoms with Crippen molar-refractivity contribution in [3.8, 4) is 0 Å². The summed E-state index contributed by atoms with van der Waals surface area (Å²) in [5.74, 6) is -2.98. The van der Waals surface area contributed by atoms with Crippen molar-refractivity contribution in [3.05, 3.63) is 76.8 Å². The minimum absolute atomic E-state index is 0.0762. The molecule has 0 spiro atoms. The molecule has 1 amide bonds. The van der Waals surface area contributed by atoms with Gasteiger partial charge < -0.3 is 14.8 Å². The van der Waals surface area contributed by atoms with Crippen molar-refractivity contribution in [3.63, 3.8) is 0 Å². The highest BCUT2D eigenvalue weighted by molar-refractivity contribution is 8.03. The Morgan fingerprint density at radius 2 is 2.03 bits per heavy atom. The number of oxime groups is 1. The van der Waals surface area contributed by atoms with Gasteiger partial charge in [-0.3, -0.25) is 9.52 Å². The van der Waals surface area contributed by atoms with E-state index in [0.29, 0.717) is 32.6 Å². The molecule has 1 unspecified atom stereocenters. The largest absolute Gasteiger partial charge is 0.478 e. The number of thioether (sulfide) groups is 1. The number of aliphatic imine (C=N–C) groups is 1. The lowest BCUT2D eigenvalue weighted by Gasteiger charge is -2.19. The van der Waals surface area contributed by atoms with Crippen LogP contribution in [0.2, 0.25) is 0 Å². The molecule has 4 rings (SSSR count). The predicted molar refractivity (Wildman–Crippen MR) is 149 cm³/mol. The van der Waals surface area contributed by atoms with Crippen LogP contribution < -0.4 is 9.62 Å². The van der Waals surface area contributed by atoms with E-state index in [0.717, 1.165) is 6.26 Å². The first kappa shape index (κ1) is 27.9. The molecule has 0 radical (unpaired) electrons. The molecule has 2 aromatic rings. The fourth-order valence-corrected chi connectivity index (χ4v) is 5.52. The van der Waals surface area contributed by atoms with Gasteiger partial charge in [-0.2, -0.15) is 4.99 Å². The van der Waals surface area contributed by atoms with Crippen LogP contribution in [-0.4, -0.2) is 55.0 Å². The van der Waals surface area contributed by atoms with Gasteiger partial charge in [0.1, 0.15) is 18.2 Å². The fourth-order valence-electron chi connectivity index (χ4n) is 3.83. The topological polar surface area (TPSA) is 155 Å². The Labute approximate surface area is 233 Å². The number of carbonyl (C=O) groups is 3. The molecule has 0 saturated heterocycles. The SMILES string of the molecule is CS(=O)(=O)NC(=O)CN1/C(=C\C=C/CC2C(=O)ON=C2c2ccc(N=C=S)cc2)Sc2cc(C(=O)O)ccc21. The Morgan fingerprint density at radius 1 is 1.28 bits per heavy atom. The first-order valence-corrected chi connectivity index (χ1v) is 14.3. The van der Waals surface area contributed by atoms with Crippen LogP contribution in [0.25, 0.3) is 0 Å². The lowest BCUT2D eigenvalue weighted by molar-refractivity contribution is -0.143. The van der Waals surface area contributed by atoms with Crippen LogP contribution in [0.5, 0.6) is 0 Å². The molecule has 14 heteroatoms. The summed E-state index contributed by atoms with van der Waals surface area (Å²) in [7, 11) is -3.76. The number of anilines is 1. The molecule has 0 aliphatic carbocycles. The van der Waals surface area contributed by atoms with Gasteiger partial charge in [-0.05, 0) is 55.0 Å². The smallest absolute Gasteiger partial charge is 0.344 e. The van der Waals surface area contributed by atoms with E-state index < -0.39 is 33.8 Å². The van der Waals surface area contributed by atoms with Crippen molar-refractivity contribution in [1.82, 2.24) is 4.72 Å². The number of thiocarbonyl (C=S) groups is 1. The van der Waals surface area contributed by atoms with Crippen LogP contribution in [0.15, 0.2) is 80.8 Å². The van der Waals surface area contributed by atoms with Crippen molar-refractivity contribution in [2.24, 2.45) is 16.1 Å². The molecule has 0 saturated carbocycles. The highest BCUT2D eigenvalue weighted by atomic mass is 32.2. The summed E-state index contributed by atoms with van der Waals surface area (Å²) < 4.78 is 24.9. The lowest BCUT2D eigenvalue weighted by Crippen LogP contribution is -2.38. The number of sulfonamides is 1. The molecule has 0 aromatic heterocycles. The van der Waals surface area contributed by atoms with Crippen molar-refractivity contribution in [2.45, 2.75) is 11.3 Å². The molecular formula is C25H20N4O7S3. The summed E-state index contributed by atoms with van der Waals surface area (Å²) in [6, 6.07) is 11.4. The lowest BCUT2D eigenvalue weighted by atomic mass is 9.94. The summed E-state index contributed by atoms with van der Waals surface area (Å²) in [6.45, 7) is -0.311. The number of amides is 1. The van der Waals surface area contributed by atoms with Gasteiger partial charge in [0.25, 0.3) is 5.91 Å². The molecule has 2 aromatic carbocycles. The first-order chi connectivity index (χ1) is 18.6. The van der Waals surface area contributed by atoms with E-state index in [2.05, 4.69) is 27.5 Å². The number of nitrogens with zero attached hydrogens (tertiary/aromatic N) is 3. The quantitative estimate of drug-likeness (QED) is 0.254. The summed E-state index contributed by atoms with van der Waals surface area (Å²) >= 11 is 5.83. The highest BCUT2D eigenvalue weighted by Crippen LogP contribution is 2.46. The van der Waals surface area contributed by atoms with E-state index in [1.54, 1.807) is 53.5 Å². The number of hydrogen-bond donors (Lipinski definition) is 2. The van der Waals surface area contributed by atoms with Crippen LogP contribution in [0.1, 0.15) is 22.3 Å². The molecular weight excluding hydrogens is 564 g/mol. The van der Waals surface area contributed by atoms with Gasteiger partial charge in [-0.1, -0.05) is 41.2 Å². The molecule has 39 heavy (non-hydrogen) atoms. The molecule has 2 heterocycles. The van der Waals surface area contributed by atoms with Crippen molar-refractivity contribution in [2.75, 3.05) is 17.7 Å². The third-order valence-electron chi connectivity index (χ3n) is 5.51. The zero-order chi connectivity index (χ0) is 28.2. The number of fused-ring (bicyclic) bond motifs is 1. The van der Waals surface area contributed by atoms with Gasteiger partial charge in [0.05, 0.1) is 33.4 Å². The van der Waals surface area contributed by atoms with Gasteiger partial charge in [-0.15, -0.1) is 0 Å². The highest BCUT2D eigenvalue weighted by Gasteiger charge is 2.33. The Balaban J connectivity index is 1.53. The minimum atomic E-state index is -3.76. The number of nitrogens with one attached hydrogen (secondary N) is 1. The zero-order valence-electron chi connectivity index (χ0n) is 20.2. The number of benzene rings is 2. The molecule has 0 fully saturated rings. The molecule has 0 bridgehead atoms. The average molecular weight is 585 g/mol. The zero-order valence-corrected chi connectivity index (χ0v) is 22.7. The van der Waals surface area contributed by atoms with E-state index in [9.17, 15) is 27.9 Å². The first-order valence-electron chi connectivity index (χ1n) is 11.2. The Bertz CT molecular complexity index is 1590. The van der Waals surface area contributed by atoms with Crippen LogP contribution in [0.3, 0.4) is 0 Å². The number of rotatable bonds is 9.